The van der Waals surface area contributed by atoms with Gasteiger partial charge >= 0.3 is 0 Å². The zero-order valence-corrected chi connectivity index (χ0v) is 11.3. The normalized spacial score (nSPS) is 13.6. The zero-order valence-electron chi connectivity index (χ0n) is 10.5. The average Bonchev–Trinajstić information content (AvgIpc) is 2.25. The third kappa shape index (κ3) is 4.40. The number of rotatable bonds is 5. The summed E-state index contributed by atoms with van der Waals surface area (Å²) in [5, 5.41) is 8.06. The molecule has 17 heavy (non-hydrogen) atoms. The number of hydrogen-bond donors (Lipinski definition) is 1. The molecule has 1 atom stereocenters. The molecular formula is C11H19N3O2S. The topological polar surface area (TPSA) is 85.9 Å². The number of nitrogens with zero attached hydrogens (tertiary/aromatic N) is 2. The Morgan fingerprint density at radius 2 is 2.06 bits per heavy atom. The van der Waals surface area contributed by atoms with Gasteiger partial charge in [-0.2, -0.15) is 10.2 Å². The average molecular weight is 257 g/mol. The van der Waals surface area contributed by atoms with Crippen molar-refractivity contribution in [3.63, 3.8) is 0 Å². The van der Waals surface area contributed by atoms with Gasteiger partial charge in [0.15, 0.2) is 0 Å². The summed E-state index contributed by atoms with van der Waals surface area (Å²) in [6.07, 6.45) is 2.38. The lowest BCUT2D eigenvalue weighted by Gasteiger charge is -2.14. The lowest BCUT2D eigenvalue weighted by molar-refractivity contribution is 0.590. The van der Waals surface area contributed by atoms with E-state index in [0.29, 0.717) is 6.42 Å². The first kappa shape index (κ1) is 14.1. The van der Waals surface area contributed by atoms with Gasteiger partial charge in [-0.05, 0) is 31.4 Å². The molecule has 0 aliphatic carbocycles. The van der Waals surface area contributed by atoms with E-state index >= 15 is 0 Å². The molecule has 6 heteroatoms. The van der Waals surface area contributed by atoms with Crippen LogP contribution in [0.25, 0.3) is 0 Å². The van der Waals surface area contributed by atoms with Crippen molar-refractivity contribution >= 4 is 9.84 Å². The maximum Gasteiger partial charge on any atom is 0.147 e. The Hall–Kier alpha value is -1.01. The molecule has 1 unspecified atom stereocenters. The summed E-state index contributed by atoms with van der Waals surface area (Å²) in [6, 6.07) is 1.59. The SMILES string of the molecule is CCc1nnc(C)cc1C(N)CCS(C)(=O)=O. The van der Waals surface area contributed by atoms with Gasteiger partial charge in [-0.15, -0.1) is 0 Å². The molecule has 1 aromatic heterocycles. The van der Waals surface area contributed by atoms with Crippen molar-refractivity contribution in [1.29, 1.82) is 0 Å². The van der Waals surface area contributed by atoms with Gasteiger partial charge in [-0.1, -0.05) is 6.92 Å². The number of aryl methyl sites for hydroxylation is 2. The highest BCUT2D eigenvalue weighted by atomic mass is 32.2. The lowest BCUT2D eigenvalue weighted by atomic mass is 10.0. The van der Waals surface area contributed by atoms with E-state index in [1.807, 2.05) is 19.9 Å². The summed E-state index contributed by atoms with van der Waals surface area (Å²) in [6.45, 7) is 3.82. The largest absolute Gasteiger partial charge is 0.324 e. The van der Waals surface area contributed by atoms with E-state index in [4.69, 9.17) is 5.73 Å². The first-order valence-corrected chi connectivity index (χ1v) is 7.66. The highest BCUT2D eigenvalue weighted by Gasteiger charge is 2.14. The van der Waals surface area contributed by atoms with E-state index in [-0.39, 0.29) is 11.8 Å². The highest BCUT2D eigenvalue weighted by molar-refractivity contribution is 7.90. The fourth-order valence-electron chi connectivity index (χ4n) is 1.63. The van der Waals surface area contributed by atoms with Gasteiger partial charge in [0.25, 0.3) is 0 Å². The lowest BCUT2D eigenvalue weighted by Crippen LogP contribution is -2.18. The fraction of sp³-hybridized carbons (Fsp3) is 0.636. The van der Waals surface area contributed by atoms with Gasteiger partial charge in [0.05, 0.1) is 17.1 Å². The minimum atomic E-state index is -2.97. The van der Waals surface area contributed by atoms with Crippen molar-refractivity contribution in [3.8, 4) is 0 Å². The van der Waals surface area contributed by atoms with Crippen LogP contribution >= 0.6 is 0 Å². The van der Waals surface area contributed by atoms with Crippen molar-refractivity contribution < 1.29 is 8.42 Å². The number of sulfone groups is 1. The first-order valence-electron chi connectivity index (χ1n) is 5.60. The second-order valence-corrected chi connectivity index (χ2v) is 6.53. The number of hydrogen-bond acceptors (Lipinski definition) is 5. The Bertz CT molecular complexity index is 485. The van der Waals surface area contributed by atoms with E-state index in [1.54, 1.807) is 0 Å². The fourth-order valence-corrected chi connectivity index (χ4v) is 2.31. The Morgan fingerprint density at radius 3 is 2.59 bits per heavy atom. The molecule has 0 aliphatic heterocycles. The van der Waals surface area contributed by atoms with Crippen LogP contribution in [0.3, 0.4) is 0 Å². The van der Waals surface area contributed by atoms with Crippen LogP contribution in [0.5, 0.6) is 0 Å². The summed E-state index contributed by atoms with van der Waals surface area (Å²) in [7, 11) is -2.97. The maximum atomic E-state index is 11.1. The van der Waals surface area contributed by atoms with Crippen molar-refractivity contribution in [3.05, 3.63) is 23.0 Å². The van der Waals surface area contributed by atoms with Crippen molar-refractivity contribution in [2.24, 2.45) is 5.73 Å². The van der Waals surface area contributed by atoms with E-state index in [2.05, 4.69) is 10.2 Å². The quantitative estimate of drug-likeness (QED) is 0.842. The molecule has 0 aliphatic rings. The summed E-state index contributed by atoms with van der Waals surface area (Å²) < 4.78 is 22.2. The first-order chi connectivity index (χ1) is 7.83. The van der Waals surface area contributed by atoms with Gasteiger partial charge < -0.3 is 5.73 Å². The molecule has 1 heterocycles. The Kier molecular flexibility index (Phi) is 4.59. The molecule has 0 bridgehead atoms. The number of nitrogens with two attached hydrogens (primary N) is 1. The van der Waals surface area contributed by atoms with Crippen LogP contribution < -0.4 is 5.73 Å². The van der Waals surface area contributed by atoms with E-state index in [0.717, 1.165) is 23.4 Å². The summed E-state index contributed by atoms with van der Waals surface area (Å²) in [5.74, 6) is 0.0959. The second-order valence-electron chi connectivity index (χ2n) is 4.27. The molecule has 0 saturated carbocycles. The standard InChI is InChI=1S/C11H19N3O2S/c1-4-11-9(7-8(2)13-14-11)10(12)5-6-17(3,15)16/h7,10H,4-6,12H2,1-3H3. The van der Waals surface area contributed by atoms with Crippen LogP contribution in [0.15, 0.2) is 6.07 Å². The minimum Gasteiger partial charge on any atom is -0.324 e. The monoisotopic (exact) mass is 257 g/mol. The van der Waals surface area contributed by atoms with Crippen LogP contribution in [-0.4, -0.2) is 30.6 Å². The van der Waals surface area contributed by atoms with E-state index in [1.165, 1.54) is 6.26 Å². The molecule has 5 nitrogen and oxygen atoms in total. The van der Waals surface area contributed by atoms with E-state index in [9.17, 15) is 8.42 Å². The van der Waals surface area contributed by atoms with Crippen LogP contribution in [0.1, 0.15) is 36.3 Å². The van der Waals surface area contributed by atoms with Crippen molar-refractivity contribution in [1.82, 2.24) is 10.2 Å². The second kappa shape index (κ2) is 5.55. The van der Waals surface area contributed by atoms with Crippen LogP contribution in [0.2, 0.25) is 0 Å². The van der Waals surface area contributed by atoms with Gasteiger partial charge in [-0.3, -0.25) is 0 Å². The highest BCUT2D eigenvalue weighted by Crippen LogP contribution is 2.18. The number of aromatic nitrogens is 2. The van der Waals surface area contributed by atoms with Crippen molar-refractivity contribution in [2.45, 2.75) is 32.7 Å². The molecule has 0 aromatic carbocycles. The van der Waals surface area contributed by atoms with Crippen LogP contribution in [-0.2, 0) is 16.3 Å². The predicted octanol–water partition coefficient (Wildman–Crippen LogP) is 0.782. The smallest absolute Gasteiger partial charge is 0.147 e. The molecule has 1 aromatic rings. The molecular weight excluding hydrogens is 238 g/mol. The Morgan fingerprint density at radius 1 is 1.41 bits per heavy atom. The van der Waals surface area contributed by atoms with E-state index < -0.39 is 9.84 Å². The third-order valence-electron chi connectivity index (χ3n) is 2.56. The minimum absolute atomic E-state index is 0.0959. The molecule has 0 radical (unpaired) electrons. The molecule has 2 N–H and O–H groups in total. The molecule has 1 rings (SSSR count). The predicted molar refractivity (Wildman–Crippen MR) is 67.4 cm³/mol. The van der Waals surface area contributed by atoms with Gasteiger partial charge in [-0.25, -0.2) is 8.42 Å². The van der Waals surface area contributed by atoms with Gasteiger partial charge in [0.1, 0.15) is 9.84 Å². The summed E-state index contributed by atoms with van der Waals surface area (Å²) in [5.41, 5.74) is 8.56. The molecule has 0 saturated heterocycles. The molecule has 0 spiro atoms. The van der Waals surface area contributed by atoms with Crippen LogP contribution in [0, 0.1) is 6.92 Å². The summed E-state index contributed by atoms with van der Waals surface area (Å²) >= 11 is 0. The van der Waals surface area contributed by atoms with Gasteiger partial charge in [0, 0.05) is 12.3 Å². The van der Waals surface area contributed by atoms with Crippen molar-refractivity contribution in [2.75, 3.05) is 12.0 Å². The van der Waals surface area contributed by atoms with Crippen LogP contribution in [0.4, 0.5) is 0 Å². The third-order valence-corrected chi connectivity index (χ3v) is 3.54. The summed E-state index contributed by atoms with van der Waals surface area (Å²) in [4.78, 5) is 0. The zero-order chi connectivity index (χ0) is 13.1. The van der Waals surface area contributed by atoms with Gasteiger partial charge in [0.2, 0.25) is 0 Å². The Balaban J connectivity index is 2.87. The molecule has 0 amide bonds. The molecule has 0 fully saturated rings. The maximum absolute atomic E-state index is 11.1. The molecule has 96 valence electrons. The Labute approximate surface area is 102 Å².